The normalized spacial score (nSPS) is 11.4. The van der Waals surface area contributed by atoms with Crippen molar-refractivity contribution in [2.45, 2.75) is 25.3 Å². The second-order valence-electron chi connectivity index (χ2n) is 3.11. The number of hydrogen-bond acceptors (Lipinski definition) is 4. The Labute approximate surface area is 94.1 Å². The highest BCUT2D eigenvalue weighted by Gasteiger charge is 2.18. The number of nitrogens with zero attached hydrogens (tertiary/aromatic N) is 1. The Morgan fingerprint density at radius 2 is 2.12 bits per heavy atom. The van der Waals surface area contributed by atoms with Crippen LogP contribution in [0.4, 0.5) is 0 Å². The topological polar surface area (TPSA) is 91.4 Å². The van der Waals surface area contributed by atoms with E-state index in [1.807, 2.05) is 0 Å². The molecule has 6 nitrogen and oxygen atoms in total. The van der Waals surface area contributed by atoms with Crippen molar-refractivity contribution >= 4 is 16.0 Å². The van der Waals surface area contributed by atoms with Crippen LogP contribution < -0.4 is 5.14 Å². The summed E-state index contributed by atoms with van der Waals surface area (Å²) in [4.78, 5) is 11.4. The van der Waals surface area contributed by atoms with E-state index in [2.05, 4.69) is 0 Å². The first-order valence-electron chi connectivity index (χ1n) is 4.80. The summed E-state index contributed by atoms with van der Waals surface area (Å²) < 4.78 is 28.5. The Kier molecular flexibility index (Phi) is 3.71. The van der Waals surface area contributed by atoms with E-state index < -0.39 is 16.0 Å². The molecule has 0 saturated carbocycles. The van der Waals surface area contributed by atoms with E-state index >= 15 is 0 Å². The molecule has 0 unspecified atom stereocenters. The molecule has 0 bridgehead atoms. The minimum absolute atomic E-state index is 0.0857. The summed E-state index contributed by atoms with van der Waals surface area (Å²) in [6, 6.07) is 1.22. The number of aromatic nitrogens is 1. The molecular weight excluding hydrogens is 232 g/mol. The van der Waals surface area contributed by atoms with E-state index in [0.717, 1.165) is 0 Å². The molecule has 0 saturated heterocycles. The summed E-state index contributed by atoms with van der Waals surface area (Å²) in [7, 11) is -3.79. The third-order valence-corrected chi connectivity index (χ3v) is 2.91. The average molecular weight is 246 g/mol. The van der Waals surface area contributed by atoms with Crippen LogP contribution in [0.15, 0.2) is 17.2 Å². The van der Waals surface area contributed by atoms with Gasteiger partial charge in [0.25, 0.3) is 0 Å². The number of nitrogens with two attached hydrogens (primary N) is 1. The number of carbonyl (C=O) groups is 1. The first-order valence-corrected chi connectivity index (χ1v) is 6.34. The highest BCUT2D eigenvalue weighted by atomic mass is 32.2. The van der Waals surface area contributed by atoms with Crippen LogP contribution in [-0.2, 0) is 21.3 Å². The molecule has 0 aliphatic carbocycles. The number of ether oxygens (including phenoxy) is 1. The molecule has 0 fully saturated rings. The summed E-state index contributed by atoms with van der Waals surface area (Å²) in [5.41, 5.74) is 0.188. The van der Waals surface area contributed by atoms with Gasteiger partial charge in [-0.05, 0) is 19.9 Å². The van der Waals surface area contributed by atoms with Crippen LogP contribution in [0.1, 0.15) is 24.3 Å². The third-order valence-electron chi connectivity index (χ3n) is 2.03. The molecule has 7 heteroatoms. The Morgan fingerprint density at radius 1 is 1.50 bits per heavy atom. The van der Waals surface area contributed by atoms with Gasteiger partial charge in [0, 0.05) is 12.7 Å². The summed E-state index contributed by atoms with van der Waals surface area (Å²) in [6.07, 6.45) is 1.32. The standard InChI is InChI=1S/C9H14N2O4S/c1-3-11-6-7(16(10,13)14)5-8(11)9(12)15-4-2/h5-6H,3-4H2,1-2H3,(H2,10,13,14). The average Bonchev–Trinajstić information content (AvgIpc) is 2.61. The molecule has 2 N–H and O–H groups in total. The molecule has 0 aliphatic rings. The Morgan fingerprint density at radius 3 is 2.56 bits per heavy atom. The summed E-state index contributed by atoms with van der Waals surface area (Å²) in [5, 5.41) is 4.97. The zero-order chi connectivity index (χ0) is 12.3. The van der Waals surface area contributed by atoms with Gasteiger partial charge in [-0.1, -0.05) is 0 Å². The molecule has 1 aromatic rings. The van der Waals surface area contributed by atoms with Crippen LogP contribution in [0, 0.1) is 0 Å². The van der Waals surface area contributed by atoms with Crippen molar-refractivity contribution in [1.29, 1.82) is 0 Å². The van der Waals surface area contributed by atoms with Crippen LogP contribution >= 0.6 is 0 Å². The quantitative estimate of drug-likeness (QED) is 0.775. The molecule has 0 aliphatic heterocycles. The van der Waals surface area contributed by atoms with Gasteiger partial charge in [0.1, 0.15) is 10.6 Å². The van der Waals surface area contributed by atoms with E-state index in [-0.39, 0.29) is 17.2 Å². The van der Waals surface area contributed by atoms with Crippen molar-refractivity contribution in [3.05, 3.63) is 18.0 Å². The second kappa shape index (κ2) is 4.67. The molecule has 0 amide bonds. The van der Waals surface area contributed by atoms with Gasteiger partial charge >= 0.3 is 5.97 Å². The van der Waals surface area contributed by atoms with Crippen molar-refractivity contribution in [3.63, 3.8) is 0 Å². The molecule has 1 heterocycles. The van der Waals surface area contributed by atoms with Gasteiger partial charge in [-0.25, -0.2) is 18.4 Å². The lowest BCUT2D eigenvalue weighted by molar-refractivity contribution is 0.0514. The molecule has 0 spiro atoms. The largest absolute Gasteiger partial charge is 0.461 e. The van der Waals surface area contributed by atoms with Gasteiger partial charge in [-0.3, -0.25) is 0 Å². The summed E-state index contributed by atoms with van der Waals surface area (Å²) in [6.45, 7) is 4.16. The monoisotopic (exact) mass is 246 g/mol. The van der Waals surface area contributed by atoms with E-state index in [0.29, 0.717) is 6.54 Å². The van der Waals surface area contributed by atoms with Gasteiger partial charge in [0.2, 0.25) is 10.0 Å². The minimum atomic E-state index is -3.79. The molecule has 1 aromatic heterocycles. The number of sulfonamides is 1. The van der Waals surface area contributed by atoms with Crippen LogP contribution in [-0.4, -0.2) is 25.6 Å². The number of hydrogen-bond donors (Lipinski definition) is 1. The van der Waals surface area contributed by atoms with Crippen molar-refractivity contribution < 1.29 is 17.9 Å². The molecule has 0 atom stereocenters. The van der Waals surface area contributed by atoms with Crippen LogP contribution in [0.2, 0.25) is 0 Å². The Hall–Kier alpha value is -1.34. The predicted octanol–water partition coefficient (Wildman–Crippen LogP) is 0.332. The highest BCUT2D eigenvalue weighted by molar-refractivity contribution is 7.89. The molecule has 0 aromatic carbocycles. The van der Waals surface area contributed by atoms with Crippen LogP contribution in [0.25, 0.3) is 0 Å². The fraction of sp³-hybridized carbons (Fsp3) is 0.444. The maximum Gasteiger partial charge on any atom is 0.354 e. The molecule has 90 valence electrons. The van der Waals surface area contributed by atoms with E-state index in [1.54, 1.807) is 13.8 Å². The maximum atomic E-state index is 11.5. The highest BCUT2D eigenvalue weighted by Crippen LogP contribution is 2.14. The van der Waals surface area contributed by atoms with Crippen LogP contribution in [0.3, 0.4) is 0 Å². The lowest BCUT2D eigenvalue weighted by Crippen LogP contribution is -2.11. The summed E-state index contributed by atoms with van der Waals surface area (Å²) in [5.74, 6) is -0.556. The molecule has 0 radical (unpaired) electrons. The summed E-state index contributed by atoms with van der Waals surface area (Å²) >= 11 is 0. The van der Waals surface area contributed by atoms with Crippen molar-refractivity contribution in [2.75, 3.05) is 6.61 Å². The lowest BCUT2D eigenvalue weighted by Gasteiger charge is -2.04. The van der Waals surface area contributed by atoms with Crippen molar-refractivity contribution in [2.24, 2.45) is 5.14 Å². The number of carbonyl (C=O) groups excluding carboxylic acids is 1. The van der Waals surface area contributed by atoms with Crippen LogP contribution in [0.5, 0.6) is 0 Å². The Bertz CT molecular complexity index is 490. The fourth-order valence-corrected chi connectivity index (χ4v) is 1.83. The van der Waals surface area contributed by atoms with Gasteiger partial charge in [0.05, 0.1) is 6.61 Å². The van der Waals surface area contributed by atoms with Gasteiger partial charge < -0.3 is 9.30 Å². The van der Waals surface area contributed by atoms with E-state index in [9.17, 15) is 13.2 Å². The van der Waals surface area contributed by atoms with Crippen molar-refractivity contribution in [3.8, 4) is 0 Å². The van der Waals surface area contributed by atoms with E-state index in [1.165, 1.54) is 16.8 Å². The third kappa shape index (κ3) is 2.61. The maximum absolute atomic E-state index is 11.5. The fourth-order valence-electron chi connectivity index (χ4n) is 1.28. The van der Waals surface area contributed by atoms with Gasteiger partial charge in [-0.2, -0.15) is 0 Å². The number of rotatable bonds is 4. The Balaban J connectivity index is 3.19. The lowest BCUT2D eigenvalue weighted by atomic mass is 10.4. The molecule has 1 rings (SSSR count). The first kappa shape index (κ1) is 12.7. The minimum Gasteiger partial charge on any atom is -0.461 e. The number of aryl methyl sites for hydroxylation is 1. The van der Waals surface area contributed by atoms with E-state index in [4.69, 9.17) is 9.88 Å². The SMILES string of the molecule is CCOC(=O)c1cc(S(N)(=O)=O)cn1CC. The van der Waals surface area contributed by atoms with Crippen molar-refractivity contribution in [1.82, 2.24) is 4.57 Å². The smallest absolute Gasteiger partial charge is 0.354 e. The molecular formula is C9H14N2O4S. The van der Waals surface area contributed by atoms with Gasteiger partial charge in [-0.15, -0.1) is 0 Å². The number of esters is 1. The zero-order valence-corrected chi connectivity index (χ0v) is 9.95. The second-order valence-corrected chi connectivity index (χ2v) is 4.67. The molecule has 16 heavy (non-hydrogen) atoms. The predicted molar refractivity (Wildman–Crippen MR) is 57.4 cm³/mol. The van der Waals surface area contributed by atoms with Gasteiger partial charge in [0.15, 0.2) is 0 Å². The first-order chi connectivity index (χ1) is 7.40. The number of primary sulfonamides is 1. The zero-order valence-electron chi connectivity index (χ0n) is 9.13.